The molecule has 2 rings (SSSR count). The van der Waals surface area contributed by atoms with Gasteiger partial charge in [-0.25, -0.2) is 0 Å². The van der Waals surface area contributed by atoms with Gasteiger partial charge in [-0.15, -0.1) is 0 Å². The Labute approximate surface area is 126 Å². The van der Waals surface area contributed by atoms with Crippen molar-refractivity contribution in [1.29, 1.82) is 0 Å². The van der Waals surface area contributed by atoms with Crippen molar-refractivity contribution in [3.8, 4) is 0 Å². The van der Waals surface area contributed by atoms with E-state index in [1.807, 2.05) is 50.8 Å². The molecule has 1 amide bonds. The lowest BCUT2D eigenvalue weighted by Crippen LogP contribution is -2.30. The zero-order chi connectivity index (χ0) is 15.6. The van der Waals surface area contributed by atoms with E-state index in [1.54, 1.807) is 0 Å². The molecule has 2 aromatic rings. The molecule has 5 nitrogen and oxygen atoms in total. The van der Waals surface area contributed by atoms with Gasteiger partial charge in [-0.2, -0.15) is 5.10 Å². The fourth-order valence-corrected chi connectivity index (χ4v) is 2.62. The van der Waals surface area contributed by atoms with Gasteiger partial charge in [-0.05, 0) is 46.2 Å². The SMILES string of the molecule is CCn1c(C)cc(C(=O)NC[C@H](C)n2cc(C)cn2)c1C. The van der Waals surface area contributed by atoms with Crippen LogP contribution in [-0.4, -0.2) is 26.8 Å². The second kappa shape index (κ2) is 6.16. The van der Waals surface area contributed by atoms with Crippen LogP contribution < -0.4 is 5.32 Å². The summed E-state index contributed by atoms with van der Waals surface area (Å²) in [7, 11) is 0. The van der Waals surface area contributed by atoms with Crippen LogP contribution in [-0.2, 0) is 6.54 Å². The first-order valence-corrected chi connectivity index (χ1v) is 7.39. The fourth-order valence-electron chi connectivity index (χ4n) is 2.62. The molecule has 0 saturated carbocycles. The minimum atomic E-state index is -0.0153. The van der Waals surface area contributed by atoms with E-state index in [2.05, 4.69) is 21.9 Å². The molecule has 114 valence electrons. The van der Waals surface area contributed by atoms with Crippen LogP contribution in [0.4, 0.5) is 0 Å². The van der Waals surface area contributed by atoms with Crippen LogP contribution in [0.1, 0.15) is 47.2 Å². The van der Waals surface area contributed by atoms with Gasteiger partial charge < -0.3 is 9.88 Å². The van der Waals surface area contributed by atoms with Crippen LogP contribution in [0.2, 0.25) is 0 Å². The summed E-state index contributed by atoms with van der Waals surface area (Å²) >= 11 is 0. The summed E-state index contributed by atoms with van der Waals surface area (Å²) in [4.78, 5) is 12.3. The summed E-state index contributed by atoms with van der Waals surface area (Å²) in [5, 5.41) is 7.28. The second-order valence-corrected chi connectivity index (χ2v) is 5.59. The molecular weight excluding hydrogens is 264 g/mol. The maximum Gasteiger partial charge on any atom is 0.253 e. The average molecular weight is 288 g/mol. The minimum Gasteiger partial charge on any atom is -0.350 e. The van der Waals surface area contributed by atoms with Gasteiger partial charge in [0, 0.05) is 30.7 Å². The summed E-state index contributed by atoms with van der Waals surface area (Å²) in [6, 6.07) is 2.09. The van der Waals surface area contributed by atoms with Crippen molar-refractivity contribution in [3.05, 3.63) is 41.0 Å². The van der Waals surface area contributed by atoms with Crippen molar-refractivity contribution in [1.82, 2.24) is 19.7 Å². The molecule has 1 N–H and O–H groups in total. The highest BCUT2D eigenvalue weighted by atomic mass is 16.1. The molecule has 5 heteroatoms. The molecule has 0 bridgehead atoms. The van der Waals surface area contributed by atoms with Crippen LogP contribution in [0.25, 0.3) is 0 Å². The van der Waals surface area contributed by atoms with E-state index in [9.17, 15) is 4.79 Å². The molecule has 0 aliphatic carbocycles. The van der Waals surface area contributed by atoms with Crippen molar-refractivity contribution in [3.63, 3.8) is 0 Å². The lowest BCUT2D eigenvalue weighted by molar-refractivity contribution is 0.0947. The third-order valence-corrected chi connectivity index (χ3v) is 3.87. The molecule has 1 atom stereocenters. The predicted octanol–water partition coefficient (Wildman–Crippen LogP) is 2.62. The number of carbonyl (C=O) groups excluding carboxylic acids is 1. The summed E-state index contributed by atoms with van der Waals surface area (Å²) in [6.45, 7) is 11.6. The largest absolute Gasteiger partial charge is 0.350 e. The number of nitrogens with one attached hydrogen (secondary N) is 1. The summed E-state index contributed by atoms with van der Waals surface area (Å²) in [5.74, 6) is -0.0153. The Bertz CT molecular complexity index is 639. The quantitative estimate of drug-likeness (QED) is 0.919. The van der Waals surface area contributed by atoms with Crippen molar-refractivity contribution in [2.24, 2.45) is 0 Å². The van der Waals surface area contributed by atoms with Crippen molar-refractivity contribution >= 4 is 5.91 Å². The van der Waals surface area contributed by atoms with Crippen LogP contribution in [0.5, 0.6) is 0 Å². The Hall–Kier alpha value is -2.04. The Kier molecular flexibility index (Phi) is 4.50. The normalized spacial score (nSPS) is 12.4. The van der Waals surface area contributed by atoms with Gasteiger partial charge in [0.1, 0.15) is 0 Å². The Balaban J connectivity index is 2.02. The van der Waals surface area contributed by atoms with E-state index < -0.39 is 0 Å². The van der Waals surface area contributed by atoms with Gasteiger partial charge >= 0.3 is 0 Å². The maximum atomic E-state index is 12.3. The highest BCUT2D eigenvalue weighted by Gasteiger charge is 2.15. The predicted molar refractivity (Wildman–Crippen MR) is 83.6 cm³/mol. The number of nitrogens with zero attached hydrogens (tertiary/aromatic N) is 3. The molecule has 0 aliphatic rings. The monoisotopic (exact) mass is 288 g/mol. The smallest absolute Gasteiger partial charge is 0.253 e. The molecule has 21 heavy (non-hydrogen) atoms. The first-order chi connectivity index (χ1) is 9.93. The highest BCUT2D eigenvalue weighted by Crippen LogP contribution is 2.15. The number of aromatic nitrogens is 3. The molecule has 0 radical (unpaired) electrons. The van der Waals surface area contributed by atoms with E-state index in [1.165, 1.54) is 0 Å². The minimum absolute atomic E-state index is 0.0153. The van der Waals surface area contributed by atoms with E-state index in [4.69, 9.17) is 0 Å². The summed E-state index contributed by atoms with van der Waals surface area (Å²) in [6.07, 6.45) is 3.81. The van der Waals surface area contributed by atoms with Gasteiger partial charge in [0.25, 0.3) is 5.91 Å². The van der Waals surface area contributed by atoms with Crippen molar-refractivity contribution < 1.29 is 4.79 Å². The van der Waals surface area contributed by atoms with E-state index >= 15 is 0 Å². The fraction of sp³-hybridized carbons (Fsp3) is 0.500. The number of carbonyl (C=O) groups is 1. The Morgan fingerprint density at radius 3 is 2.62 bits per heavy atom. The molecule has 0 spiro atoms. The molecule has 0 fully saturated rings. The zero-order valence-electron chi connectivity index (χ0n) is 13.5. The van der Waals surface area contributed by atoms with Crippen LogP contribution in [0, 0.1) is 20.8 Å². The lowest BCUT2D eigenvalue weighted by Gasteiger charge is -2.13. The molecule has 0 aromatic carbocycles. The summed E-state index contributed by atoms with van der Waals surface area (Å²) in [5.41, 5.74) is 4.03. The van der Waals surface area contributed by atoms with Crippen molar-refractivity contribution in [2.45, 2.75) is 47.2 Å². The van der Waals surface area contributed by atoms with Crippen LogP contribution in [0.3, 0.4) is 0 Å². The standard InChI is InChI=1S/C16H24N4O/c1-6-19-12(3)7-15(14(19)5)16(21)17-9-13(4)20-10-11(2)8-18-20/h7-8,10,13H,6,9H2,1-5H3,(H,17,21)/t13-/m0/s1. The Morgan fingerprint density at radius 2 is 2.10 bits per heavy atom. The van der Waals surface area contributed by atoms with Gasteiger partial charge in [0.05, 0.1) is 17.8 Å². The van der Waals surface area contributed by atoms with E-state index in [0.717, 1.165) is 29.1 Å². The highest BCUT2D eigenvalue weighted by molar-refractivity contribution is 5.95. The summed E-state index contributed by atoms with van der Waals surface area (Å²) < 4.78 is 4.03. The van der Waals surface area contributed by atoms with Gasteiger partial charge in [0.2, 0.25) is 0 Å². The number of amides is 1. The second-order valence-electron chi connectivity index (χ2n) is 5.59. The van der Waals surface area contributed by atoms with E-state index in [-0.39, 0.29) is 11.9 Å². The van der Waals surface area contributed by atoms with Gasteiger partial charge in [-0.1, -0.05) is 0 Å². The zero-order valence-corrected chi connectivity index (χ0v) is 13.5. The third kappa shape index (κ3) is 3.17. The Morgan fingerprint density at radius 1 is 1.38 bits per heavy atom. The molecule has 2 heterocycles. The average Bonchev–Trinajstić information content (AvgIpc) is 3.00. The third-order valence-electron chi connectivity index (χ3n) is 3.87. The molecule has 0 aliphatic heterocycles. The van der Waals surface area contributed by atoms with E-state index in [0.29, 0.717) is 6.54 Å². The first kappa shape index (κ1) is 15.4. The maximum absolute atomic E-state index is 12.3. The lowest BCUT2D eigenvalue weighted by atomic mass is 10.2. The number of aryl methyl sites for hydroxylation is 2. The molecule has 2 aromatic heterocycles. The first-order valence-electron chi connectivity index (χ1n) is 7.39. The van der Waals surface area contributed by atoms with Gasteiger partial charge in [-0.3, -0.25) is 9.48 Å². The molecule has 0 saturated heterocycles. The topological polar surface area (TPSA) is 51.9 Å². The van der Waals surface area contributed by atoms with Crippen LogP contribution in [0.15, 0.2) is 18.5 Å². The number of rotatable bonds is 5. The number of hydrogen-bond donors (Lipinski definition) is 1. The van der Waals surface area contributed by atoms with Gasteiger partial charge in [0.15, 0.2) is 0 Å². The van der Waals surface area contributed by atoms with Crippen molar-refractivity contribution in [2.75, 3.05) is 6.54 Å². The van der Waals surface area contributed by atoms with Crippen LogP contribution >= 0.6 is 0 Å². The molecule has 0 unspecified atom stereocenters. The number of hydrogen-bond acceptors (Lipinski definition) is 2. The molecular formula is C16H24N4O.